The van der Waals surface area contributed by atoms with E-state index in [0.29, 0.717) is 18.5 Å². The smallest absolute Gasteiger partial charge is 0.103 e. The third-order valence-corrected chi connectivity index (χ3v) is 1.94. The number of aromatic nitrogens is 1. The van der Waals surface area contributed by atoms with Crippen LogP contribution in [-0.4, -0.2) is 22.7 Å². The molecule has 1 rings (SSSR count). The molecule has 4 heteroatoms. The van der Waals surface area contributed by atoms with Crippen molar-refractivity contribution in [3.63, 3.8) is 0 Å². The summed E-state index contributed by atoms with van der Waals surface area (Å²) >= 11 is 0. The van der Waals surface area contributed by atoms with Crippen molar-refractivity contribution in [3.05, 3.63) is 24.0 Å². The summed E-state index contributed by atoms with van der Waals surface area (Å²) < 4.78 is 0. The molecule has 0 saturated carbocycles. The Morgan fingerprint density at radius 1 is 1.71 bits per heavy atom. The third-order valence-electron chi connectivity index (χ3n) is 1.94. The molecule has 0 aliphatic rings. The molecule has 0 aliphatic carbocycles. The Bertz CT molecular complexity index is 332. The van der Waals surface area contributed by atoms with E-state index in [1.807, 2.05) is 13.0 Å². The molecular formula is C10H13N3O. The molecule has 1 unspecified atom stereocenters. The number of pyridine rings is 1. The van der Waals surface area contributed by atoms with Crippen molar-refractivity contribution in [2.75, 3.05) is 11.9 Å². The van der Waals surface area contributed by atoms with Gasteiger partial charge in [0.05, 0.1) is 17.4 Å². The SMILES string of the molecule is CCC(O)CNc1ccncc1C#N. The Morgan fingerprint density at radius 2 is 2.50 bits per heavy atom. The van der Waals surface area contributed by atoms with Crippen molar-refractivity contribution < 1.29 is 5.11 Å². The van der Waals surface area contributed by atoms with Crippen LogP contribution in [0.3, 0.4) is 0 Å². The predicted octanol–water partition coefficient (Wildman–Crippen LogP) is 1.14. The van der Waals surface area contributed by atoms with Crippen LogP contribution >= 0.6 is 0 Å². The van der Waals surface area contributed by atoms with Gasteiger partial charge in [0.2, 0.25) is 0 Å². The fourth-order valence-corrected chi connectivity index (χ4v) is 1.01. The first-order valence-corrected chi connectivity index (χ1v) is 4.54. The van der Waals surface area contributed by atoms with Crippen molar-refractivity contribution >= 4 is 5.69 Å². The van der Waals surface area contributed by atoms with Gasteiger partial charge in [-0.2, -0.15) is 5.26 Å². The van der Waals surface area contributed by atoms with E-state index in [1.165, 1.54) is 6.20 Å². The molecule has 0 aliphatic heterocycles. The largest absolute Gasteiger partial charge is 0.391 e. The second kappa shape index (κ2) is 5.20. The van der Waals surface area contributed by atoms with Gasteiger partial charge >= 0.3 is 0 Å². The fourth-order valence-electron chi connectivity index (χ4n) is 1.01. The zero-order valence-corrected chi connectivity index (χ0v) is 8.07. The summed E-state index contributed by atoms with van der Waals surface area (Å²) in [6.45, 7) is 2.36. The van der Waals surface area contributed by atoms with Crippen molar-refractivity contribution in [1.29, 1.82) is 5.26 Å². The zero-order chi connectivity index (χ0) is 10.4. The lowest BCUT2D eigenvalue weighted by molar-refractivity contribution is 0.183. The molecule has 1 atom stereocenters. The number of hydrogen-bond acceptors (Lipinski definition) is 4. The summed E-state index contributed by atoms with van der Waals surface area (Å²) in [5.74, 6) is 0. The number of aliphatic hydroxyl groups is 1. The normalized spacial score (nSPS) is 11.8. The van der Waals surface area contributed by atoms with E-state index in [1.54, 1.807) is 12.3 Å². The molecule has 0 radical (unpaired) electrons. The molecule has 1 heterocycles. The topological polar surface area (TPSA) is 68.9 Å². The van der Waals surface area contributed by atoms with Crippen molar-refractivity contribution in [2.45, 2.75) is 19.4 Å². The average Bonchev–Trinajstić information content (AvgIpc) is 2.26. The van der Waals surface area contributed by atoms with E-state index in [2.05, 4.69) is 10.3 Å². The first-order valence-electron chi connectivity index (χ1n) is 4.54. The number of anilines is 1. The number of nitrogens with zero attached hydrogens (tertiary/aromatic N) is 2. The molecule has 0 fully saturated rings. The van der Waals surface area contributed by atoms with E-state index in [9.17, 15) is 5.11 Å². The fraction of sp³-hybridized carbons (Fsp3) is 0.400. The van der Waals surface area contributed by atoms with E-state index in [0.717, 1.165) is 5.69 Å². The van der Waals surface area contributed by atoms with E-state index in [-0.39, 0.29) is 6.10 Å². The molecule has 0 aromatic carbocycles. The molecule has 0 saturated heterocycles. The summed E-state index contributed by atoms with van der Waals surface area (Å²) in [7, 11) is 0. The van der Waals surface area contributed by atoms with Gasteiger partial charge in [0.25, 0.3) is 0 Å². The predicted molar refractivity (Wildman–Crippen MR) is 53.7 cm³/mol. The van der Waals surface area contributed by atoms with Gasteiger partial charge in [-0.15, -0.1) is 0 Å². The first kappa shape index (κ1) is 10.5. The summed E-state index contributed by atoms with van der Waals surface area (Å²) in [6.07, 6.45) is 3.43. The zero-order valence-electron chi connectivity index (χ0n) is 8.07. The van der Waals surface area contributed by atoms with Gasteiger partial charge in [0.15, 0.2) is 0 Å². The molecular weight excluding hydrogens is 178 g/mol. The van der Waals surface area contributed by atoms with Gasteiger partial charge in [0, 0.05) is 18.9 Å². The summed E-state index contributed by atoms with van der Waals surface area (Å²) in [4.78, 5) is 3.84. The van der Waals surface area contributed by atoms with Gasteiger partial charge in [-0.05, 0) is 12.5 Å². The van der Waals surface area contributed by atoms with Gasteiger partial charge < -0.3 is 10.4 Å². The average molecular weight is 191 g/mol. The van der Waals surface area contributed by atoms with E-state index < -0.39 is 0 Å². The van der Waals surface area contributed by atoms with Crippen LogP contribution < -0.4 is 5.32 Å². The second-order valence-electron chi connectivity index (χ2n) is 2.98. The highest BCUT2D eigenvalue weighted by atomic mass is 16.3. The monoisotopic (exact) mass is 191 g/mol. The van der Waals surface area contributed by atoms with Crippen LogP contribution in [0.4, 0.5) is 5.69 Å². The van der Waals surface area contributed by atoms with Gasteiger partial charge in [-0.1, -0.05) is 6.92 Å². The highest BCUT2D eigenvalue weighted by Gasteiger charge is 2.03. The van der Waals surface area contributed by atoms with Crippen molar-refractivity contribution in [1.82, 2.24) is 4.98 Å². The van der Waals surface area contributed by atoms with Crippen LogP contribution in [0.25, 0.3) is 0 Å². The Balaban J connectivity index is 2.63. The molecule has 1 aromatic rings. The van der Waals surface area contributed by atoms with E-state index in [4.69, 9.17) is 5.26 Å². The van der Waals surface area contributed by atoms with Crippen LogP contribution in [-0.2, 0) is 0 Å². The van der Waals surface area contributed by atoms with Gasteiger partial charge in [-0.3, -0.25) is 4.98 Å². The van der Waals surface area contributed by atoms with Crippen LogP contribution in [0.1, 0.15) is 18.9 Å². The summed E-state index contributed by atoms with van der Waals surface area (Å²) in [6, 6.07) is 3.75. The second-order valence-corrected chi connectivity index (χ2v) is 2.98. The van der Waals surface area contributed by atoms with Crippen LogP contribution in [0.5, 0.6) is 0 Å². The summed E-state index contributed by atoms with van der Waals surface area (Å²) in [5, 5.41) is 21.1. The van der Waals surface area contributed by atoms with E-state index >= 15 is 0 Å². The number of aliphatic hydroxyl groups excluding tert-OH is 1. The van der Waals surface area contributed by atoms with Gasteiger partial charge in [-0.25, -0.2) is 0 Å². The number of nitrogens with one attached hydrogen (secondary N) is 1. The molecule has 0 amide bonds. The highest BCUT2D eigenvalue weighted by Crippen LogP contribution is 2.11. The maximum atomic E-state index is 9.32. The van der Waals surface area contributed by atoms with Gasteiger partial charge in [0.1, 0.15) is 6.07 Å². The Kier molecular flexibility index (Phi) is 3.89. The van der Waals surface area contributed by atoms with Crippen LogP contribution in [0.2, 0.25) is 0 Å². The maximum Gasteiger partial charge on any atom is 0.103 e. The molecule has 1 aromatic heterocycles. The minimum Gasteiger partial charge on any atom is -0.391 e. The Morgan fingerprint density at radius 3 is 3.14 bits per heavy atom. The maximum absolute atomic E-state index is 9.32. The molecule has 2 N–H and O–H groups in total. The third kappa shape index (κ3) is 2.71. The minimum atomic E-state index is -0.380. The number of nitriles is 1. The van der Waals surface area contributed by atoms with Crippen LogP contribution in [0.15, 0.2) is 18.5 Å². The lowest BCUT2D eigenvalue weighted by Crippen LogP contribution is -2.18. The first-order chi connectivity index (χ1) is 6.77. The molecule has 14 heavy (non-hydrogen) atoms. The van der Waals surface area contributed by atoms with Crippen molar-refractivity contribution in [3.8, 4) is 6.07 Å². The number of hydrogen-bond donors (Lipinski definition) is 2. The molecule has 4 nitrogen and oxygen atoms in total. The van der Waals surface area contributed by atoms with Crippen LogP contribution in [0, 0.1) is 11.3 Å². The lowest BCUT2D eigenvalue weighted by Gasteiger charge is -2.11. The minimum absolute atomic E-state index is 0.380. The summed E-state index contributed by atoms with van der Waals surface area (Å²) in [5.41, 5.74) is 1.21. The Labute approximate surface area is 83.2 Å². The highest BCUT2D eigenvalue weighted by molar-refractivity contribution is 5.55. The molecule has 0 spiro atoms. The Hall–Kier alpha value is -1.60. The van der Waals surface area contributed by atoms with Crippen molar-refractivity contribution in [2.24, 2.45) is 0 Å². The molecule has 74 valence electrons. The number of rotatable bonds is 4. The standard InChI is InChI=1S/C10H13N3O/c1-2-9(14)7-13-10-3-4-12-6-8(10)5-11/h3-4,6,9,14H,2,7H2,1H3,(H,12,13). The lowest BCUT2D eigenvalue weighted by atomic mass is 10.2. The quantitative estimate of drug-likeness (QED) is 0.748. The molecule has 0 bridgehead atoms.